The second-order valence-corrected chi connectivity index (χ2v) is 2.70. The van der Waals surface area contributed by atoms with Crippen molar-refractivity contribution in [1.82, 2.24) is 0 Å². The summed E-state index contributed by atoms with van der Waals surface area (Å²) in [6, 6.07) is 9.01. The third kappa shape index (κ3) is 2.35. The fraction of sp³-hybridized carbons (Fsp3) is 0. The molecule has 0 atom stereocenters. The number of nitrogens with zero attached hydrogens (tertiary/aromatic N) is 3. The second kappa shape index (κ2) is 5.14. The molecule has 1 N–H and O–H groups in total. The largest absolute Gasteiger partial charge is 0.359 e. The maximum absolute atomic E-state index is 13.1. The van der Waals surface area contributed by atoms with Crippen LogP contribution in [0.4, 0.5) is 10.1 Å². The van der Waals surface area contributed by atoms with Crippen LogP contribution < -0.4 is 5.32 Å². The fourth-order valence-electron chi connectivity index (χ4n) is 0.998. The summed E-state index contributed by atoms with van der Waals surface area (Å²) in [4.78, 5) is 0. The monoisotopic (exact) mass is 212 g/mol. The molecule has 0 aliphatic heterocycles. The molecule has 0 spiro atoms. The lowest BCUT2D eigenvalue weighted by atomic mass is 10.2. The topological polar surface area (TPSA) is 83.4 Å². The molecule has 1 rings (SSSR count). The third-order valence-electron chi connectivity index (χ3n) is 1.74. The van der Waals surface area contributed by atoms with Crippen LogP contribution in [0.1, 0.15) is 5.56 Å². The van der Waals surface area contributed by atoms with Crippen molar-refractivity contribution in [1.29, 1.82) is 15.8 Å². The van der Waals surface area contributed by atoms with Gasteiger partial charge in [0.1, 0.15) is 35.2 Å². The first kappa shape index (κ1) is 11.2. The van der Waals surface area contributed by atoms with Crippen molar-refractivity contribution in [3.8, 4) is 18.2 Å². The van der Waals surface area contributed by atoms with E-state index in [-0.39, 0.29) is 16.8 Å². The molecule has 0 amide bonds. The number of rotatable bonds is 2. The van der Waals surface area contributed by atoms with Crippen LogP contribution in [-0.4, -0.2) is 0 Å². The molecule has 76 valence electrons. The van der Waals surface area contributed by atoms with E-state index in [4.69, 9.17) is 15.8 Å². The average Bonchev–Trinajstić information content (AvgIpc) is 2.30. The minimum Gasteiger partial charge on any atom is -0.359 e. The predicted octanol–water partition coefficient (Wildman–Crippen LogP) is 2.04. The highest BCUT2D eigenvalue weighted by molar-refractivity contribution is 5.60. The van der Waals surface area contributed by atoms with Crippen LogP contribution in [0.15, 0.2) is 30.0 Å². The van der Waals surface area contributed by atoms with E-state index in [0.717, 1.165) is 12.3 Å². The normalized spacial score (nSPS) is 8.12. The highest BCUT2D eigenvalue weighted by Gasteiger charge is 2.06. The Hall–Kier alpha value is -2.84. The van der Waals surface area contributed by atoms with Crippen molar-refractivity contribution in [2.45, 2.75) is 0 Å². The Morgan fingerprint density at radius 1 is 1.25 bits per heavy atom. The summed E-state index contributed by atoms with van der Waals surface area (Å²) in [7, 11) is 0. The lowest BCUT2D eigenvalue weighted by Gasteiger charge is -2.03. The zero-order valence-corrected chi connectivity index (χ0v) is 8.03. The zero-order valence-electron chi connectivity index (χ0n) is 8.03. The van der Waals surface area contributed by atoms with Crippen LogP contribution in [0.25, 0.3) is 0 Å². The van der Waals surface area contributed by atoms with E-state index in [1.54, 1.807) is 18.2 Å². The van der Waals surface area contributed by atoms with Gasteiger partial charge in [0.25, 0.3) is 0 Å². The highest BCUT2D eigenvalue weighted by atomic mass is 19.1. The van der Waals surface area contributed by atoms with Gasteiger partial charge in [0.15, 0.2) is 0 Å². The second-order valence-electron chi connectivity index (χ2n) is 2.70. The molecule has 1 aromatic rings. The van der Waals surface area contributed by atoms with Crippen molar-refractivity contribution in [2.24, 2.45) is 0 Å². The van der Waals surface area contributed by atoms with Gasteiger partial charge < -0.3 is 5.32 Å². The number of nitriles is 3. The SMILES string of the molecule is N#CC(C#N)=CNc1cccc(F)c1C#N. The Morgan fingerprint density at radius 2 is 1.94 bits per heavy atom. The van der Waals surface area contributed by atoms with Gasteiger partial charge in [-0.3, -0.25) is 0 Å². The van der Waals surface area contributed by atoms with E-state index in [9.17, 15) is 4.39 Å². The van der Waals surface area contributed by atoms with Gasteiger partial charge in [0.2, 0.25) is 0 Å². The standard InChI is InChI=1S/C11H5FN4/c12-10-2-1-3-11(9(10)6-15)16-7-8(4-13)5-14/h1-3,7,16H. The Balaban J connectivity index is 3.06. The first-order valence-electron chi connectivity index (χ1n) is 4.18. The van der Waals surface area contributed by atoms with Gasteiger partial charge in [0.05, 0.1) is 5.69 Å². The quantitative estimate of drug-likeness (QED) is 0.760. The molecule has 0 heterocycles. The molecule has 5 heteroatoms. The number of allylic oxidation sites excluding steroid dienone is 1. The van der Waals surface area contributed by atoms with Crippen LogP contribution in [0.2, 0.25) is 0 Å². The summed E-state index contributed by atoms with van der Waals surface area (Å²) >= 11 is 0. The summed E-state index contributed by atoms with van der Waals surface area (Å²) in [5, 5.41) is 28.2. The Labute approximate surface area is 91.5 Å². The Bertz CT molecular complexity index is 539. The molecule has 0 aliphatic carbocycles. The summed E-state index contributed by atoms with van der Waals surface area (Å²) in [6.45, 7) is 0. The third-order valence-corrected chi connectivity index (χ3v) is 1.74. The van der Waals surface area contributed by atoms with Crippen molar-refractivity contribution in [2.75, 3.05) is 5.32 Å². The molecule has 0 saturated heterocycles. The molecule has 0 aliphatic rings. The molecule has 0 fully saturated rings. The highest BCUT2D eigenvalue weighted by Crippen LogP contribution is 2.17. The van der Waals surface area contributed by atoms with Gasteiger partial charge >= 0.3 is 0 Å². The van der Waals surface area contributed by atoms with Gasteiger partial charge in [-0.1, -0.05) is 6.07 Å². The van der Waals surface area contributed by atoms with E-state index in [1.807, 2.05) is 0 Å². The number of hydrogen-bond donors (Lipinski definition) is 1. The average molecular weight is 212 g/mol. The van der Waals surface area contributed by atoms with E-state index in [0.29, 0.717) is 0 Å². The van der Waals surface area contributed by atoms with Crippen molar-refractivity contribution < 1.29 is 4.39 Å². The van der Waals surface area contributed by atoms with Gasteiger partial charge in [-0.2, -0.15) is 15.8 Å². The Morgan fingerprint density at radius 3 is 2.50 bits per heavy atom. The number of benzene rings is 1. The van der Waals surface area contributed by atoms with Crippen LogP contribution in [-0.2, 0) is 0 Å². The summed E-state index contributed by atoms with van der Waals surface area (Å²) in [5.41, 5.74) is -0.104. The number of halogens is 1. The molecule has 0 unspecified atom stereocenters. The van der Waals surface area contributed by atoms with Crippen LogP contribution in [0, 0.1) is 39.8 Å². The first-order valence-corrected chi connectivity index (χ1v) is 4.18. The maximum Gasteiger partial charge on any atom is 0.145 e. The molecular formula is C11H5FN4. The van der Waals surface area contributed by atoms with Gasteiger partial charge in [-0.15, -0.1) is 0 Å². The van der Waals surface area contributed by atoms with E-state index in [2.05, 4.69) is 5.32 Å². The summed E-state index contributed by atoms with van der Waals surface area (Å²) in [6.07, 6.45) is 1.12. The minimum absolute atomic E-state index is 0.158. The molecule has 0 aromatic heterocycles. The molecule has 0 bridgehead atoms. The van der Waals surface area contributed by atoms with Gasteiger partial charge in [0, 0.05) is 6.20 Å². The minimum atomic E-state index is -0.656. The maximum atomic E-state index is 13.1. The zero-order chi connectivity index (χ0) is 12.0. The fourth-order valence-corrected chi connectivity index (χ4v) is 0.998. The van der Waals surface area contributed by atoms with Gasteiger partial charge in [-0.05, 0) is 12.1 Å². The smallest absolute Gasteiger partial charge is 0.145 e. The van der Waals surface area contributed by atoms with Crippen LogP contribution in [0.5, 0.6) is 0 Å². The first-order chi connectivity index (χ1) is 7.72. The Kier molecular flexibility index (Phi) is 3.61. The molecule has 1 aromatic carbocycles. The van der Waals surface area contributed by atoms with Crippen molar-refractivity contribution in [3.05, 3.63) is 41.4 Å². The lowest BCUT2D eigenvalue weighted by molar-refractivity contribution is 0.624. The van der Waals surface area contributed by atoms with Gasteiger partial charge in [-0.25, -0.2) is 4.39 Å². The van der Waals surface area contributed by atoms with Crippen LogP contribution in [0.3, 0.4) is 0 Å². The summed E-state index contributed by atoms with van der Waals surface area (Å²) < 4.78 is 13.1. The number of hydrogen-bond acceptors (Lipinski definition) is 4. The number of anilines is 1. The van der Waals surface area contributed by atoms with Crippen LogP contribution >= 0.6 is 0 Å². The van der Waals surface area contributed by atoms with E-state index in [1.165, 1.54) is 12.1 Å². The molecule has 16 heavy (non-hydrogen) atoms. The molecule has 0 radical (unpaired) electrons. The lowest BCUT2D eigenvalue weighted by Crippen LogP contribution is -1.95. The van der Waals surface area contributed by atoms with Crippen molar-refractivity contribution >= 4 is 5.69 Å². The van der Waals surface area contributed by atoms with E-state index < -0.39 is 5.82 Å². The summed E-state index contributed by atoms with van der Waals surface area (Å²) in [5.74, 6) is -0.656. The molecule has 4 nitrogen and oxygen atoms in total. The predicted molar refractivity (Wildman–Crippen MR) is 54.0 cm³/mol. The molecule has 0 saturated carbocycles. The molecular weight excluding hydrogens is 207 g/mol. The number of nitrogens with one attached hydrogen (secondary N) is 1. The van der Waals surface area contributed by atoms with E-state index >= 15 is 0 Å². The van der Waals surface area contributed by atoms with Crippen molar-refractivity contribution in [3.63, 3.8) is 0 Å².